The minimum atomic E-state index is 0.650. The van der Waals surface area contributed by atoms with E-state index in [-0.39, 0.29) is 0 Å². The van der Waals surface area contributed by atoms with Crippen molar-refractivity contribution < 1.29 is 0 Å². The van der Waals surface area contributed by atoms with Crippen LogP contribution < -0.4 is 0 Å². The minimum absolute atomic E-state index is 0.650. The maximum absolute atomic E-state index is 4.61. The average Bonchev–Trinajstić information content (AvgIpc) is 2.64. The van der Waals surface area contributed by atoms with E-state index in [1.165, 1.54) is 0 Å². The van der Waals surface area contributed by atoms with Crippen molar-refractivity contribution in [1.29, 1.82) is 0 Å². The predicted octanol–water partition coefficient (Wildman–Crippen LogP) is 2.47. The van der Waals surface area contributed by atoms with Crippen molar-refractivity contribution in [2.45, 2.75) is 13.5 Å². The molecule has 0 unspecified atom stereocenters. The summed E-state index contributed by atoms with van der Waals surface area (Å²) in [5.41, 5.74) is 4.39. The Labute approximate surface area is 98.6 Å². The lowest BCUT2D eigenvalue weighted by Gasteiger charge is -1.99. The molecule has 17 heavy (non-hydrogen) atoms. The summed E-state index contributed by atoms with van der Waals surface area (Å²) < 4.78 is 1.83. The van der Waals surface area contributed by atoms with E-state index in [0.29, 0.717) is 6.54 Å². The predicted molar refractivity (Wildman–Crippen MR) is 67.8 cm³/mol. The van der Waals surface area contributed by atoms with Gasteiger partial charge in [-0.1, -0.05) is 18.2 Å². The van der Waals surface area contributed by atoms with E-state index in [2.05, 4.69) is 21.6 Å². The first kappa shape index (κ1) is 9.96. The Balaban J connectivity index is 2.40. The molecular weight excluding hydrogens is 212 g/mol. The maximum Gasteiger partial charge on any atom is 0.178 e. The van der Waals surface area contributed by atoms with Crippen LogP contribution in [0.4, 0.5) is 0 Å². The van der Waals surface area contributed by atoms with Gasteiger partial charge < -0.3 is 0 Å². The third kappa shape index (κ3) is 1.49. The van der Waals surface area contributed by atoms with Crippen molar-refractivity contribution in [2.75, 3.05) is 0 Å². The SMILES string of the molecule is C=CCn1nc(C)c2nc3ccccc3nc21. The lowest BCUT2D eigenvalue weighted by molar-refractivity contribution is 0.712. The van der Waals surface area contributed by atoms with E-state index in [1.54, 1.807) is 0 Å². The van der Waals surface area contributed by atoms with Crippen molar-refractivity contribution in [3.8, 4) is 0 Å². The molecule has 0 saturated heterocycles. The number of allylic oxidation sites excluding steroid dienone is 1. The molecule has 0 saturated carbocycles. The molecule has 0 radical (unpaired) electrons. The van der Waals surface area contributed by atoms with E-state index >= 15 is 0 Å². The molecule has 3 rings (SSSR count). The number of rotatable bonds is 2. The normalized spacial score (nSPS) is 11.1. The van der Waals surface area contributed by atoms with Crippen LogP contribution >= 0.6 is 0 Å². The Hall–Kier alpha value is -2.23. The number of fused-ring (bicyclic) bond motifs is 2. The van der Waals surface area contributed by atoms with Gasteiger partial charge in [-0.25, -0.2) is 14.6 Å². The molecule has 0 atom stereocenters. The van der Waals surface area contributed by atoms with Crippen LogP contribution in [0.25, 0.3) is 22.2 Å². The van der Waals surface area contributed by atoms with Gasteiger partial charge in [-0.05, 0) is 19.1 Å². The third-order valence-electron chi connectivity index (χ3n) is 2.71. The fraction of sp³-hybridized carbons (Fsp3) is 0.154. The molecule has 4 heteroatoms. The standard InChI is InChI=1S/C13H12N4/c1-3-8-17-13-12(9(2)16-17)14-10-6-4-5-7-11(10)15-13/h3-7H,1,8H2,2H3. The van der Waals surface area contributed by atoms with Gasteiger partial charge in [0.1, 0.15) is 5.52 Å². The fourth-order valence-electron chi connectivity index (χ4n) is 1.94. The van der Waals surface area contributed by atoms with Gasteiger partial charge in [-0.3, -0.25) is 0 Å². The number of nitrogens with zero attached hydrogens (tertiary/aromatic N) is 4. The van der Waals surface area contributed by atoms with Crippen molar-refractivity contribution in [2.24, 2.45) is 0 Å². The van der Waals surface area contributed by atoms with E-state index in [9.17, 15) is 0 Å². The molecule has 2 heterocycles. The first-order chi connectivity index (χ1) is 8.29. The Morgan fingerprint density at radius 1 is 1.24 bits per heavy atom. The van der Waals surface area contributed by atoms with Crippen LogP contribution in [-0.2, 0) is 6.54 Å². The number of benzene rings is 1. The third-order valence-corrected chi connectivity index (χ3v) is 2.71. The van der Waals surface area contributed by atoms with Crippen molar-refractivity contribution in [1.82, 2.24) is 19.7 Å². The van der Waals surface area contributed by atoms with Gasteiger partial charge in [-0.2, -0.15) is 5.10 Å². The topological polar surface area (TPSA) is 43.6 Å². The van der Waals surface area contributed by atoms with Crippen molar-refractivity contribution in [3.63, 3.8) is 0 Å². The number of aryl methyl sites for hydroxylation is 1. The zero-order valence-electron chi connectivity index (χ0n) is 9.59. The molecule has 0 bridgehead atoms. The number of para-hydroxylation sites is 2. The Morgan fingerprint density at radius 3 is 2.65 bits per heavy atom. The fourth-order valence-corrected chi connectivity index (χ4v) is 1.94. The molecule has 2 aromatic heterocycles. The number of hydrogen-bond acceptors (Lipinski definition) is 3. The van der Waals surface area contributed by atoms with Crippen LogP contribution in [0.5, 0.6) is 0 Å². The van der Waals surface area contributed by atoms with Crippen LogP contribution in [0.15, 0.2) is 36.9 Å². The molecule has 4 nitrogen and oxygen atoms in total. The lowest BCUT2D eigenvalue weighted by Crippen LogP contribution is -1.99. The summed E-state index contributed by atoms with van der Waals surface area (Å²) in [4.78, 5) is 9.21. The molecule has 0 amide bonds. The van der Waals surface area contributed by atoms with Crippen LogP contribution in [0.3, 0.4) is 0 Å². The molecule has 1 aromatic carbocycles. The van der Waals surface area contributed by atoms with Crippen molar-refractivity contribution in [3.05, 3.63) is 42.6 Å². The van der Waals surface area contributed by atoms with Gasteiger partial charge in [0, 0.05) is 0 Å². The van der Waals surface area contributed by atoms with Gasteiger partial charge in [0.05, 0.1) is 23.3 Å². The highest BCUT2D eigenvalue weighted by molar-refractivity contribution is 5.85. The number of hydrogen-bond donors (Lipinski definition) is 0. The van der Waals surface area contributed by atoms with Crippen LogP contribution in [0, 0.1) is 6.92 Å². The summed E-state index contributed by atoms with van der Waals surface area (Å²) >= 11 is 0. The summed E-state index contributed by atoms with van der Waals surface area (Å²) in [6.07, 6.45) is 1.81. The first-order valence-electron chi connectivity index (χ1n) is 5.50. The Kier molecular flexibility index (Phi) is 2.14. The molecule has 0 aliphatic carbocycles. The Morgan fingerprint density at radius 2 is 1.94 bits per heavy atom. The minimum Gasteiger partial charge on any atom is -0.242 e. The summed E-state index contributed by atoms with van der Waals surface area (Å²) in [7, 11) is 0. The van der Waals surface area contributed by atoms with E-state index in [4.69, 9.17) is 0 Å². The quantitative estimate of drug-likeness (QED) is 0.628. The molecule has 0 spiro atoms. The highest BCUT2D eigenvalue weighted by Gasteiger charge is 2.10. The smallest absolute Gasteiger partial charge is 0.178 e. The second kappa shape index (κ2) is 3.66. The molecule has 0 fully saturated rings. The van der Waals surface area contributed by atoms with Gasteiger partial charge in [0.15, 0.2) is 5.65 Å². The Bertz CT molecular complexity index is 712. The van der Waals surface area contributed by atoms with Crippen LogP contribution in [0.2, 0.25) is 0 Å². The zero-order chi connectivity index (χ0) is 11.8. The molecule has 3 aromatic rings. The first-order valence-corrected chi connectivity index (χ1v) is 5.50. The van der Waals surface area contributed by atoms with Gasteiger partial charge >= 0.3 is 0 Å². The highest BCUT2D eigenvalue weighted by atomic mass is 15.3. The largest absolute Gasteiger partial charge is 0.242 e. The number of aromatic nitrogens is 4. The molecule has 0 aliphatic heterocycles. The second-order valence-electron chi connectivity index (χ2n) is 3.94. The molecule has 0 aliphatic rings. The summed E-state index contributed by atoms with van der Waals surface area (Å²) in [5, 5.41) is 4.42. The zero-order valence-corrected chi connectivity index (χ0v) is 9.59. The van der Waals surface area contributed by atoms with Crippen LogP contribution in [-0.4, -0.2) is 19.7 Å². The van der Waals surface area contributed by atoms with E-state index < -0.39 is 0 Å². The van der Waals surface area contributed by atoms with E-state index in [0.717, 1.165) is 27.9 Å². The summed E-state index contributed by atoms with van der Waals surface area (Å²) in [5.74, 6) is 0. The van der Waals surface area contributed by atoms with E-state index in [1.807, 2.05) is 41.9 Å². The molecule has 84 valence electrons. The summed E-state index contributed by atoms with van der Waals surface area (Å²) in [6, 6.07) is 7.85. The van der Waals surface area contributed by atoms with Gasteiger partial charge in [0.25, 0.3) is 0 Å². The monoisotopic (exact) mass is 224 g/mol. The molecule has 0 N–H and O–H groups in total. The average molecular weight is 224 g/mol. The van der Waals surface area contributed by atoms with Crippen LogP contribution in [0.1, 0.15) is 5.69 Å². The van der Waals surface area contributed by atoms with Gasteiger partial charge in [0.2, 0.25) is 0 Å². The maximum atomic E-state index is 4.61. The molecular formula is C13H12N4. The lowest BCUT2D eigenvalue weighted by atomic mass is 10.3. The summed E-state index contributed by atoms with van der Waals surface area (Å²) in [6.45, 7) is 6.33. The highest BCUT2D eigenvalue weighted by Crippen LogP contribution is 2.18. The van der Waals surface area contributed by atoms with Gasteiger partial charge in [-0.15, -0.1) is 6.58 Å². The van der Waals surface area contributed by atoms with Crippen molar-refractivity contribution >= 4 is 22.2 Å². The second-order valence-corrected chi connectivity index (χ2v) is 3.94.